The minimum absolute atomic E-state index is 0.664. The smallest absolute Gasteiger partial charge is 0.109 e. The second-order valence-electron chi connectivity index (χ2n) is 7.71. The Hall–Kier alpha value is -0.830. The van der Waals surface area contributed by atoms with Crippen LogP contribution in [-0.4, -0.2) is 16.1 Å². The van der Waals surface area contributed by atoms with Gasteiger partial charge in [-0.05, 0) is 23.7 Å². The molecule has 0 bridgehead atoms. The lowest BCUT2D eigenvalue weighted by atomic mass is 9.85. The number of rotatable bonds is 6. The zero-order valence-electron chi connectivity index (χ0n) is 14.7. The maximum absolute atomic E-state index is 4.96. The van der Waals surface area contributed by atoms with Crippen LogP contribution in [0.2, 0.25) is 0 Å². The molecule has 1 N–H and O–H groups in total. The molecule has 0 spiro atoms. The number of nitrogens with zero attached hydrogens (tertiary/aromatic N) is 2. The first-order valence-corrected chi connectivity index (χ1v) is 8.68. The SMILES string of the molecule is CC(C)Cc1nc2c(n1CC(C(C)C)C(C)C)CCNC2. The molecule has 0 radical (unpaired) electrons. The molecule has 0 saturated heterocycles. The average molecular weight is 291 g/mol. The van der Waals surface area contributed by atoms with Crippen molar-refractivity contribution in [1.82, 2.24) is 14.9 Å². The lowest BCUT2D eigenvalue weighted by Gasteiger charge is -2.28. The first-order valence-electron chi connectivity index (χ1n) is 8.68. The van der Waals surface area contributed by atoms with E-state index in [1.807, 2.05) is 0 Å². The summed E-state index contributed by atoms with van der Waals surface area (Å²) in [5.41, 5.74) is 2.79. The van der Waals surface area contributed by atoms with Crippen molar-refractivity contribution < 1.29 is 0 Å². The van der Waals surface area contributed by atoms with Crippen LogP contribution in [0.5, 0.6) is 0 Å². The van der Waals surface area contributed by atoms with Crippen molar-refractivity contribution in [3.8, 4) is 0 Å². The zero-order chi connectivity index (χ0) is 15.6. The van der Waals surface area contributed by atoms with Crippen LogP contribution in [-0.2, 0) is 25.9 Å². The van der Waals surface area contributed by atoms with E-state index in [2.05, 4.69) is 51.4 Å². The van der Waals surface area contributed by atoms with Crippen molar-refractivity contribution in [2.45, 2.75) is 67.5 Å². The Morgan fingerprint density at radius 2 is 1.76 bits per heavy atom. The fourth-order valence-corrected chi connectivity index (χ4v) is 3.57. The Morgan fingerprint density at radius 3 is 2.33 bits per heavy atom. The maximum atomic E-state index is 4.96. The van der Waals surface area contributed by atoms with Crippen molar-refractivity contribution in [3.05, 3.63) is 17.2 Å². The molecule has 3 heteroatoms. The number of hydrogen-bond donors (Lipinski definition) is 1. The molecule has 1 aliphatic rings. The molecule has 21 heavy (non-hydrogen) atoms. The molecule has 3 nitrogen and oxygen atoms in total. The molecule has 0 atom stereocenters. The van der Waals surface area contributed by atoms with Crippen LogP contribution >= 0.6 is 0 Å². The van der Waals surface area contributed by atoms with Crippen LogP contribution in [0.25, 0.3) is 0 Å². The second kappa shape index (κ2) is 6.95. The molecule has 2 heterocycles. The van der Waals surface area contributed by atoms with Gasteiger partial charge in [-0.2, -0.15) is 0 Å². The number of fused-ring (bicyclic) bond motifs is 1. The Bertz CT molecular complexity index is 449. The topological polar surface area (TPSA) is 29.9 Å². The summed E-state index contributed by atoms with van der Waals surface area (Å²) in [6.07, 6.45) is 2.22. The minimum atomic E-state index is 0.664. The fourth-order valence-electron chi connectivity index (χ4n) is 3.57. The first kappa shape index (κ1) is 16.5. The third-order valence-corrected chi connectivity index (χ3v) is 4.76. The number of hydrogen-bond acceptors (Lipinski definition) is 2. The van der Waals surface area contributed by atoms with E-state index in [1.165, 1.54) is 17.2 Å². The molecule has 1 aromatic heterocycles. The standard InChI is InChI=1S/C18H33N3/c1-12(2)9-18-20-16-10-19-8-7-17(16)21(18)11-15(13(3)4)14(5)6/h12-15,19H,7-11H2,1-6H3. The van der Waals surface area contributed by atoms with Gasteiger partial charge in [-0.1, -0.05) is 41.5 Å². The third kappa shape index (κ3) is 3.88. The Balaban J connectivity index is 2.32. The van der Waals surface area contributed by atoms with Gasteiger partial charge in [0.25, 0.3) is 0 Å². The quantitative estimate of drug-likeness (QED) is 0.867. The molecule has 0 fully saturated rings. The lowest BCUT2D eigenvalue weighted by molar-refractivity contribution is 0.246. The van der Waals surface area contributed by atoms with Crippen LogP contribution in [0.3, 0.4) is 0 Å². The van der Waals surface area contributed by atoms with E-state index in [1.54, 1.807) is 0 Å². The van der Waals surface area contributed by atoms with E-state index in [0.29, 0.717) is 5.92 Å². The van der Waals surface area contributed by atoms with Gasteiger partial charge in [0, 0.05) is 38.2 Å². The molecule has 2 rings (SSSR count). The van der Waals surface area contributed by atoms with E-state index in [4.69, 9.17) is 4.98 Å². The van der Waals surface area contributed by atoms with Crippen molar-refractivity contribution in [1.29, 1.82) is 0 Å². The highest BCUT2D eigenvalue weighted by atomic mass is 15.1. The van der Waals surface area contributed by atoms with Crippen LogP contribution in [0, 0.1) is 23.7 Å². The first-order chi connectivity index (χ1) is 9.90. The lowest BCUT2D eigenvalue weighted by Crippen LogP contribution is -2.28. The fraction of sp³-hybridized carbons (Fsp3) is 0.833. The van der Waals surface area contributed by atoms with Crippen molar-refractivity contribution in [2.24, 2.45) is 23.7 Å². The van der Waals surface area contributed by atoms with Gasteiger partial charge >= 0.3 is 0 Å². The molecule has 0 aliphatic carbocycles. The van der Waals surface area contributed by atoms with Gasteiger partial charge in [0.15, 0.2) is 0 Å². The molecule has 1 aliphatic heterocycles. The number of nitrogens with one attached hydrogen (secondary N) is 1. The molecule has 120 valence electrons. The van der Waals surface area contributed by atoms with Crippen molar-refractivity contribution in [3.63, 3.8) is 0 Å². The minimum Gasteiger partial charge on any atom is -0.331 e. The van der Waals surface area contributed by atoms with Crippen LogP contribution in [0.15, 0.2) is 0 Å². The van der Waals surface area contributed by atoms with E-state index in [-0.39, 0.29) is 0 Å². The van der Waals surface area contributed by atoms with Crippen molar-refractivity contribution >= 4 is 0 Å². The summed E-state index contributed by atoms with van der Waals surface area (Å²) in [4.78, 5) is 4.96. The van der Waals surface area contributed by atoms with Gasteiger partial charge in [0.2, 0.25) is 0 Å². The molecule has 0 aromatic carbocycles. The van der Waals surface area contributed by atoms with E-state index in [0.717, 1.165) is 50.2 Å². The summed E-state index contributed by atoms with van der Waals surface area (Å²) >= 11 is 0. The normalized spacial score (nSPS) is 15.5. The largest absolute Gasteiger partial charge is 0.331 e. The molecular weight excluding hydrogens is 258 g/mol. The Morgan fingerprint density at radius 1 is 1.10 bits per heavy atom. The zero-order valence-corrected chi connectivity index (χ0v) is 14.7. The summed E-state index contributed by atoms with van der Waals surface area (Å²) < 4.78 is 2.57. The summed E-state index contributed by atoms with van der Waals surface area (Å²) in [6.45, 7) is 17.2. The monoisotopic (exact) mass is 291 g/mol. The highest BCUT2D eigenvalue weighted by Crippen LogP contribution is 2.26. The van der Waals surface area contributed by atoms with Gasteiger partial charge in [-0.15, -0.1) is 0 Å². The molecular formula is C18H33N3. The molecule has 0 unspecified atom stereocenters. The van der Waals surface area contributed by atoms with Crippen LogP contribution in [0.4, 0.5) is 0 Å². The molecule has 0 saturated carbocycles. The summed E-state index contributed by atoms with van der Waals surface area (Å²) in [6, 6.07) is 0. The third-order valence-electron chi connectivity index (χ3n) is 4.76. The second-order valence-corrected chi connectivity index (χ2v) is 7.71. The summed E-state index contributed by atoms with van der Waals surface area (Å²) in [7, 11) is 0. The highest BCUT2D eigenvalue weighted by molar-refractivity contribution is 5.21. The van der Waals surface area contributed by atoms with Gasteiger partial charge in [0.05, 0.1) is 5.69 Å². The van der Waals surface area contributed by atoms with E-state index >= 15 is 0 Å². The van der Waals surface area contributed by atoms with Gasteiger partial charge < -0.3 is 9.88 Å². The van der Waals surface area contributed by atoms with Crippen molar-refractivity contribution in [2.75, 3.05) is 6.54 Å². The van der Waals surface area contributed by atoms with E-state index in [9.17, 15) is 0 Å². The predicted molar refractivity (Wildman–Crippen MR) is 89.3 cm³/mol. The average Bonchev–Trinajstić information content (AvgIpc) is 2.71. The predicted octanol–water partition coefficient (Wildman–Crippen LogP) is 3.66. The van der Waals surface area contributed by atoms with Gasteiger partial charge in [0.1, 0.15) is 5.82 Å². The molecule has 0 amide bonds. The number of aromatic nitrogens is 2. The maximum Gasteiger partial charge on any atom is 0.109 e. The van der Waals surface area contributed by atoms with Gasteiger partial charge in [-0.3, -0.25) is 0 Å². The van der Waals surface area contributed by atoms with E-state index < -0.39 is 0 Å². The van der Waals surface area contributed by atoms with Crippen LogP contribution in [0.1, 0.15) is 58.8 Å². The van der Waals surface area contributed by atoms with Gasteiger partial charge in [-0.25, -0.2) is 4.98 Å². The highest BCUT2D eigenvalue weighted by Gasteiger charge is 2.25. The Kier molecular flexibility index (Phi) is 5.48. The van der Waals surface area contributed by atoms with Crippen LogP contribution < -0.4 is 5.32 Å². The number of imidazole rings is 1. The molecule has 1 aromatic rings. The Labute approximate surface area is 130 Å². The summed E-state index contributed by atoms with van der Waals surface area (Å²) in [5, 5.41) is 3.46. The summed E-state index contributed by atoms with van der Waals surface area (Å²) in [5.74, 6) is 4.14.